The number of imidazole rings is 1. The molecule has 7 heteroatoms. The fraction of sp³-hybridized carbons (Fsp3) is 0.158. The first-order valence-corrected chi connectivity index (χ1v) is 8.34. The minimum atomic E-state index is -0.309. The summed E-state index contributed by atoms with van der Waals surface area (Å²) in [6, 6.07) is 8.42. The minimum absolute atomic E-state index is 0.196. The molecule has 6 nitrogen and oxygen atoms in total. The van der Waals surface area contributed by atoms with E-state index in [2.05, 4.69) is 9.97 Å². The van der Waals surface area contributed by atoms with Crippen molar-refractivity contribution in [3.05, 3.63) is 63.0 Å². The topological polar surface area (TPSA) is 84.2 Å². The molecule has 0 aliphatic rings. The Kier molecular flexibility index (Phi) is 5.14. The molecule has 26 heavy (non-hydrogen) atoms. The third kappa shape index (κ3) is 3.65. The molecule has 2 N–H and O–H groups in total. The zero-order chi connectivity index (χ0) is 18.7. The lowest BCUT2D eigenvalue weighted by molar-refractivity contribution is 0.104. The summed E-state index contributed by atoms with van der Waals surface area (Å²) in [7, 11) is 1.52. The van der Waals surface area contributed by atoms with Crippen LogP contribution in [-0.2, 0) is 0 Å². The summed E-state index contributed by atoms with van der Waals surface area (Å²) < 4.78 is 10.8. The van der Waals surface area contributed by atoms with Gasteiger partial charge in [0, 0.05) is 5.56 Å². The number of ether oxygens (including phenoxy) is 2. The lowest BCUT2D eigenvalue weighted by atomic mass is 10.1. The Morgan fingerprint density at radius 1 is 1.19 bits per heavy atom. The first kappa shape index (κ1) is 17.8. The summed E-state index contributed by atoms with van der Waals surface area (Å²) in [6.45, 7) is 2.33. The van der Waals surface area contributed by atoms with Crippen LogP contribution in [0.2, 0.25) is 5.02 Å². The second-order valence-electron chi connectivity index (χ2n) is 5.50. The van der Waals surface area contributed by atoms with Crippen molar-refractivity contribution in [1.29, 1.82) is 0 Å². The number of halogens is 1. The molecule has 0 saturated carbocycles. The molecule has 1 heterocycles. The fourth-order valence-electron chi connectivity index (χ4n) is 2.60. The Labute approximate surface area is 154 Å². The number of hydrogen-bond acceptors (Lipinski definition) is 4. The zero-order valence-corrected chi connectivity index (χ0v) is 15.0. The van der Waals surface area contributed by atoms with Crippen LogP contribution in [0, 0.1) is 0 Å². The molecule has 0 fully saturated rings. The molecule has 0 amide bonds. The van der Waals surface area contributed by atoms with E-state index in [4.69, 9.17) is 21.1 Å². The van der Waals surface area contributed by atoms with E-state index >= 15 is 0 Å². The molecular formula is C19H17ClN2O4. The van der Waals surface area contributed by atoms with Gasteiger partial charge in [-0.05, 0) is 48.9 Å². The van der Waals surface area contributed by atoms with Crippen molar-refractivity contribution >= 4 is 34.5 Å². The van der Waals surface area contributed by atoms with Crippen LogP contribution in [0.25, 0.3) is 17.1 Å². The van der Waals surface area contributed by atoms with Crippen LogP contribution in [-0.4, -0.2) is 29.5 Å². The molecule has 0 saturated heterocycles. The van der Waals surface area contributed by atoms with E-state index < -0.39 is 0 Å². The number of hydrogen-bond donors (Lipinski definition) is 2. The van der Waals surface area contributed by atoms with Gasteiger partial charge in [0.2, 0.25) is 0 Å². The van der Waals surface area contributed by atoms with Crippen LogP contribution >= 0.6 is 11.6 Å². The second kappa shape index (κ2) is 7.49. The van der Waals surface area contributed by atoms with Crippen molar-refractivity contribution in [3.63, 3.8) is 0 Å². The Morgan fingerprint density at radius 3 is 2.69 bits per heavy atom. The standard InChI is InChI=1S/C19H17ClN2O4/c1-3-26-17-9-11(8-13(20)18(17)25-2)4-7-16(23)12-5-6-14-15(10-12)22-19(24)21-14/h4-10H,3H2,1-2H3,(H2,21,22,24)/b7-4+. The third-order valence-corrected chi connectivity index (χ3v) is 4.04. The number of H-pyrrole nitrogens is 2. The number of rotatable bonds is 6. The zero-order valence-electron chi connectivity index (χ0n) is 14.3. The molecule has 0 spiro atoms. The lowest BCUT2D eigenvalue weighted by Crippen LogP contribution is -1.99. The SMILES string of the molecule is CCOc1cc(/C=C/C(=O)c2ccc3[nH]c(=O)[nH]c3c2)cc(Cl)c1OC. The molecule has 0 aliphatic carbocycles. The van der Waals surface area contributed by atoms with Gasteiger partial charge in [-0.2, -0.15) is 0 Å². The van der Waals surface area contributed by atoms with E-state index in [-0.39, 0.29) is 11.5 Å². The van der Waals surface area contributed by atoms with Crippen LogP contribution in [0.15, 0.2) is 41.2 Å². The summed E-state index contributed by atoms with van der Waals surface area (Å²) in [5.41, 5.74) is 2.10. The summed E-state index contributed by atoms with van der Waals surface area (Å²) in [4.78, 5) is 29.0. The van der Waals surface area contributed by atoms with Crippen LogP contribution in [0.5, 0.6) is 11.5 Å². The Bertz CT molecular complexity index is 1050. The number of carbonyl (C=O) groups excluding carboxylic acids is 1. The fourth-order valence-corrected chi connectivity index (χ4v) is 2.90. The number of fused-ring (bicyclic) bond motifs is 1. The number of methoxy groups -OCH3 is 1. The van der Waals surface area contributed by atoms with Crippen molar-refractivity contribution in [3.8, 4) is 11.5 Å². The largest absolute Gasteiger partial charge is 0.491 e. The number of nitrogens with one attached hydrogen (secondary N) is 2. The molecule has 3 aromatic rings. The van der Waals surface area contributed by atoms with Crippen molar-refractivity contribution in [2.75, 3.05) is 13.7 Å². The van der Waals surface area contributed by atoms with Gasteiger partial charge in [0.1, 0.15) is 0 Å². The Morgan fingerprint density at radius 2 is 1.96 bits per heavy atom. The van der Waals surface area contributed by atoms with E-state index in [0.717, 1.165) is 0 Å². The van der Waals surface area contributed by atoms with Gasteiger partial charge in [-0.25, -0.2) is 4.79 Å². The van der Waals surface area contributed by atoms with Gasteiger partial charge in [0.25, 0.3) is 0 Å². The van der Waals surface area contributed by atoms with Gasteiger partial charge in [-0.15, -0.1) is 0 Å². The van der Waals surface area contributed by atoms with E-state index in [9.17, 15) is 9.59 Å². The van der Waals surface area contributed by atoms with Gasteiger partial charge in [0.05, 0.1) is 29.8 Å². The predicted octanol–water partition coefficient (Wildman–Crippen LogP) is 3.81. The molecule has 3 rings (SSSR count). The Balaban J connectivity index is 1.88. The number of carbonyl (C=O) groups is 1. The average Bonchev–Trinajstić information content (AvgIpc) is 2.99. The van der Waals surface area contributed by atoms with E-state index in [1.807, 2.05) is 6.92 Å². The second-order valence-corrected chi connectivity index (χ2v) is 5.91. The molecule has 0 bridgehead atoms. The molecule has 0 unspecified atom stereocenters. The van der Waals surface area contributed by atoms with Crippen molar-refractivity contribution in [2.45, 2.75) is 6.92 Å². The van der Waals surface area contributed by atoms with Gasteiger partial charge in [0.15, 0.2) is 17.3 Å². The van der Waals surface area contributed by atoms with E-state index in [1.165, 1.54) is 13.2 Å². The maximum Gasteiger partial charge on any atom is 0.323 e. The van der Waals surface area contributed by atoms with Crippen molar-refractivity contribution < 1.29 is 14.3 Å². The molecule has 2 aromatic carbocycles. The average molecular weight is 373 g/mol. The first-order chi connectivity index (χ1) is 12.5. The van der Waals surface area contributed by atoms with E-state index in [1.54, 1.807) is 36.4 Å². The van der Waals surface area contributed by atoms with Crippen molar-refractivity contribution in [1.82, 2.24) is 9.97 Å². The smallest absolute Gasteiger partial charge is 0.323 e. The first-order valence-electron chi connectivity index (χ1n) is 7.96. The highest BCUT2D eigenvalue weighted by Crippen LogP contribution is 2.36. The quantitative estimate of drug-likeness (QED) is 0.509. The van der Waals surface area contributed by atoms with Gasteiger partial charge in [-0.1, -0.05) is 17.7 Å². The number of allylic oxidation sites excluding steroid dienone is 1. The molecule has 0 atom stereocenters. The van der Waals surface area contributed by atoms with Gasteiger partial charge >= 0.3 is 5.69 Å². The monoisotopic (exact) mass is 372 g/mol. The summed E-state index contributed by atoms with van der Waals surface area (Å²) in [5.74, 6) is 0.777. The predicted molar refractivity (Wildman–Crippen MR) is 101 cm³/mol. The summed E-state index contributed by atoms with van der Waals surface area (Å²) in [5, 5.41) is 0.400. The minimum Gasteiger partial charge on any atom is -0.491 e. The molecule has 1 aromatic heterocycles. The maximum absolute atomic E-state index is 12.4. The van der Waals surface area contributed by atoms with Crippen LogP contribution in [0.1, 0.15) is 22.8 Å². The van der Waals surface area contributed by atoms with Gasteiger partial charge in [-0.3, -0.25) is 4.79 Å². The molecule has 0 aliphatic heterocycles. The number of benzene rings is 2. The number of aromatic amines is 2. The molecule has 0 radical (unpaired) electrons. The number of aromatic nitrogens is 2. The van der Waals surface area contributed by atoms with Crippen LogP contribution in [0.3, 0.4) is 0 Å². The number of ketones is 1. The highest BCUT2D eigenvalue weighted by Gasteiger charge is 2.11. The lowest BCUT2D eigenvalue weighted by Gasteiger charge is -2.11. The van der Waals surface area contributed by atoms with Crippen molar-refractivity contribution in [2.24, 2.45) is 0 Å². The highest BCUT2D eigenvalue weighted by molar-refractivity contribution is 6.32. The van der Waals surface area contributed by atoms with Gasteiger partial charge < -0.3 is 19.4 Å². The Hall–Kier alpha value is -2.99. The maximum atomic E-state index is 12.4. The third-order valence-electron chi connectivity index (χ3n) is 3.76. The van der Waals surface area contributed by atoms with Crippen LogP contribution < -0.4 is 15.2 Å². The summed E-state index contributed by atoms with van der Waals surface area (Å²) >= 11 is 6.21. The van der Waals surface area contributed by atoms with E-state index in [0.29, 0.717) is 45.3 Å². The normalized spacial score (nSPS) is 11.2. The summed E-state index contributed by atoms with van der Waals surface area (Å²) in [6.07, 6.45) is 3.10. The van der Waals surface area contributed by atoms with Crippen LogP contribution in [0.4, 0.5) is 0 Å². The molecular weight excluding hydrogens is 356 g/mol. The highest BCUT2D eigenvalue weighted by atomic mass is 35.5. The molecule has 134 valence electrons.